The predicted octanol–water partition coefficient (Wildman–Crippen LogP) is -0.231. The summed E-state index contributed by atoms with van der Waals surface area (Å²) in [5.41, 5.74) is 2.80. The Kier molecular flexibility index (Phi) is 2.78. The van der Waals surface area contributed by atoms with Crippen molar-refractivity contribution in [1.82, 2.24) is 15.1 Å². The maximum Gasteiger partial charge on any atom is 0.101 e. The van der Waals surface area contributed by atoms with Gasteiger partial charge in [-0.15, -0.1) is 12.6 Å². The number of hydrogen-bond acceptors (Lipinski definition) is 7. The molecule has 0 spiro atoms. The Morgan fingerprint density at radius 1 is 1.70 bits per heavy atom. The number of nitrogens with one attached hydrogen (secondary N) is 1. The molecule has 1 unspecified atom stereocenters. The molecule has 1 heterocycles. The highest BCUT2D eigenvalue weighted by Crippen LogP contribution is 2.15. The van der Waals surface area contributed by atoms with Gasteiger partial charge in [-0.2, -0.15) is 12.6 Å². The number of nitrogens with two attached hydrogens (primary N) is 1. The Labute approximate surface area is 75.7 Å². The zero-order valence-electron chi connectivity index (χ0n) is 4.97. The Balaban J connectivity index is 2.71. The third kappa shape index (κ3) is 1.74. The molecule has 0 bridgehead atoms. The summed E-state index contributed by atoms with van der Waals surface area (Å²) < 4.78 is 1.31. The van der Waals surface area contributed by atoms with Crippen molar-refractivity contribution in [3.05, 3.63) is 11.1 Å². The van der Waals surface area contributed by atoms with Crippen molar-refractivity contribution in [1.29, 1.82) is 0 Å². The van der Waals surface area contributed by atoms with Gasteiger partial charge in [-0.1, -0.05) is 17.3 Å². The maximum atomic E-state index is 5.43. The smallest absolute Gasteiger partial charge is 0.101 e. The van der Waals surface area contributed by atoms with Crippen LogP contribution in [0.1, 0.15) is 0 Å². The molecule has 0 aliphatic carbocycles. The van der Waals surface area contributed by atoms with Gasteiger partial charge >= 0.3 is 0 Å². The van der Waals surface area contributed by atoms with E-state index in [4.69, 9.17) is 5.84 Å². The van der Waals surface area contributed by atoms with Gasteiger partial charge < -0.3 is 0 Å². The van der Waals surface area contributed by atoms with Gasteiger partial charge in [0.15, 0.2) is 0 Å². The Bertz CT molecular complexity index is 160. The van der Waals surface area contributed by atoms with Gasteiger partial charge in [-0.05, 0) is 6.08 Å². The lowest BCUT2D eigenvalue weighted by Gasteiger charge is -2.33. The highest BCUT2D eigenvalue weighted by atomic mass is 32.1. The van der Waals surface area contributed by atoms with Crippen molar-refractivity contribution < 1.29 is 0 Å². The van der Waals surface area contributed by atoms with E-state index < -0.39 is 0 Å². The summed E-state index contributed by atoms with van der Waals surface area (Å²) in [5.74, 6) is 5.43. The molecule has 0 amide bonds. The highest BCUT2D eigenvalue weighted by molar-refractivity contribution is 7.84. The number of rotatable bonds is 0. The predicted molar refractivity (Wildman–Crippen MR) is 49.8 cm³/mol. The fourth-order valence-electron chi connectivity index (χ4n) is 0.532. The van der Waals surface area contributed by atoms with Crippen molar-refractivity contribution in [2.75, 3.05) is 0 Å². The molecule has 1 atom stereocenters. The van der Waals surface area contributed by atoms with E-state index in [2.05, 4.69) is 43.5 Å². The van der Waals surface area contributed by atoms with Crippen molar-refractivity contribution >= 4 is 38.1 Å². The number of thiol groups is 3. The monoisotopic (exact) mass is 196 g/mol. The first-order chi connectivity index (χ1) is 4.61. The molecule has 0 fully saturated rings. The molecule has 1 aliphatic heterocycles. The van der Waals surface area contributed by atoms with Gasteiger partial charge in [-0.3, -0.25) is 0 Å². The van der Waals surface area contributed by atoms with Crippen LogP contribution in [0.15, 0.2) is 11.1 Å². The van der Waals surface area contributed by atoms with Crippen LogP contribution >= 0.6 is 38.1 Å². The largest absolute Gasteiger partial charge is 0.230 e. The number of hydrazine groups is 3. The molecule has 0 aromatic heterocycles. The van der Waals surface area contributed by atoms with Crippen LogP contribution in [-0.2, 0) is 0 Å². The Hall–Kier alpha value is 0.470. The minimum Gasteiger partial charge on any atom is -0.230 e. The summed E-state index contributed by atoms with van der Waals surface area (Å²) in [6.07, 6.45) is 1.75. The molecule has 1 rings (SSSR count). The van der Waals surface area contributed by atoms with Crippen LogP contribution in [0.25, 0.3) is 0 Å². The number of hydrogen-bond donors (Lipinski definition) is 5. The SMILES string of the molecule is NN1C(S)=CC(S)NN1S. The summed E-state index contributed by atoms with van der Waals surface area (Å²) in [7, 11) is 0. The highest BCUT2D eigenvalue weighted by Gasteiger charge is 2.17. The maximum absolute atomic E-state index is 5.43. The van der Waals surface area contributed by atoms with E-state index in [0.717, 1.165) is 0 Å². The molecule has 0 saturated heterocycles. The lowest BCUT2D eigenvalue weighted by molar-refractivity contribution is 0.0675. The molecule has 0 radical (unpaired) electrons. The van der Waals surface area contributed by atoms with Crippen molar-refractivity contribution in [3.63, 3.8) is 0 Å². The lowest BCUT2D eigenvalue weighted by Crippen LogP contribution is -2.53. The normalized spacial score (nSPS) is 28.6. The summed E-state index contributed by atoms with van der Waals surface area (Å²) in [6.45, 7) is 0. The van der Waals surface area contributed by atoms with E-state index in [0.29, 0.717) is 5.03 Å². The molecule has 3 N–H and O–H groups in total. The van der Waals surface area contributed by atoms with Gasteiger partial charge in [0.05, 0.1) is 5.37 Å². The summed E-state index contributed by atoms with van der Waals surface area (Å²) in [6, 6.07) is 0. The second kappa shape index (κ2) is 3.24. The van der Waals surface area contributed by atoms with Gasteiger partial charge in [0.25, 0.3) is 0 Å². The van der Waals surface area contributed by atoms with E-state index in [9.17, 15) is 0 Å². The van der Waals surface area contributed by atoms with E-state index in [1.54, 1.807) is 6.08 Å². The van der Waals surface area contributed by atoms with Crippen LogP contribution in [-0.4, -0.2) is 15.0 Å². The van der Waals surface area contributed by atoms with Gasteiger partial charge in [0.2, 0.25) is 0 Å². The standard InChI is InChI=1S/C3H8N4S3/c4-6-3(9)1-2(8)5-7(6)10/h1-2,5,8-10H,4H2. The number of nitrogens with zero attached hydrogens (tertiary/aromatic N) is 2. The molecule has 58 valence electrons. The second-order valence-electron chi connectivity index (χ2n) is 1.73. The molecule has 1 aliphatic rings. The topological polar surface area (TPSA) is 44.5 Å². The van der Waals surface area contributed by atoms with Crippen LogP contribution in [0.4, 0.5) is 0 Å². The minimum atomic E-state index is -0.0928. The Morgan fingerprint density at radius 3 is 2.80 bits per heavy atom. The first kappa shape index (κ1) is 8.57. The third-order valence-corrected chi connectivity index (χ3v) is 1.92. The second-order valence-corrected chi connectivity index (χ2v) is 3.13. The zero-order chi connectivity index (χ0) is 7.72. The Morgan fingerprint density at radius 2 is 2.30 bits per heavy atom. The van der Waals surface area contributed by atoms with Crippen LogP contribution in [0.2, 0.25) is 0 Å². The van der Waals surface area contributed by atoms with Crippen molar-refractivity contribution in [2.45, 2.75) is 5.37 Å². The van der Waals surface area contributed by atoms with Gasteiger partial charge in [0, 0.05) is 0 Å². The van der Waals surface area contributed by atoms with Crippen LogP contribution in [0, 0.1) is 0 Å². The quantitative estimate of drug-likeness (QED) is 0.274. The summed E-state index contributed by atoms with van der Waals surface area (Å²) in [4.78, 5) is 0. The van der Waals surface area contributed by atoms with E-state index in [-0.39, 0.29) is 5.37 Å². The van der Waals surface area contributed by atoms with Crippen LogP contribution in [0.3, 0.4) is 0 Å². The average Bonchev–Trinajstić information content (AvgIpc) is 1.82. The molecule has 10 heavy (non-hydrogen) atoms. The van der Waals surface area contributed by atoms with E-state index in [1.165, 1.54) is 9.64 Å². The van der Waals surface area contributed by atoms with Crippen molar-refractivity contribution in [2.24, 2.45) is 5.84 Å². The molecular formula is C3H8N4S3. The summed E-state index contributed by atoms with van der Waals surface area (Å²) in [5, 5.41) is 1.76. The first-order valence-corrected chi connectivity index (χ1v) is 3.86. The molecule has 7 heteroatoms. The molecule has 4 nitrogen and oxygen atoms in total. The first-order valence-electron chi connectivity index (χ1n) is 2.50. The van der Waals surface area contributed by atoms with Gasteiger partial charge in [0.1, 0.15) is 5.03 Å². The average molecular weight is 196 g/mol. The van der Waals surface area contributed by atoms with Crippen LogP contribution < -0.4 is 11.3 Å². The summed E-state index contributed by atoms with van der Waals surface area (Å²) >= 11 is 12.1. The van der Waals surface area contributed by atoms with E-state index >= 15 is 0 Å². The zero-order valence-corrected chi connectivity index (χ0v) is 7.65. The minimum absolute atomic E-state index is 0.0928. The fourth-order valence-corrected chi connectivity index (χ4v) is 1.52. The lowest BCUT2D eigenvalue weighted by atomic mass is 10.6. The third-order valence-electron chi connectivity index (χ3n) is 0.994. The molecular weight excluding hydrogens is 188 g/mol. The molecule has 0 saturated carbocycles. The fraction of sp³-hybridized carbons (Fsp3) is 0.333. The molecule has 0 aromatic rings. The molecule has 0 aromatic carbocycles. The van der Waals surface area contributed by atoms with E-state index in [1.807, 2.05) is 0 Å². The van der Waals surface area contributed by atoms with Crippen LogP contribution in [0.5, 0.6) is 0 Å². The van der Waals surface area contributed by atoms with Gasteiger partial charge in [-0.25, -0.2) is 16.4 Å². The van der Waals surface area contributed by atoms with Crippen molar-refractivity contribution in [3.8, 4) is 0 Å².